The van der Waals surface area contributed by atoms with Crippen molar-refractivity contribution >= 4 is 21.7 Å². The zero-order valence-electron chi connectivity index (χ0n) is 8.79. The Kier molecular flexibility index (Phi) is 4.27. The maximum atomic E-state index is 12.7. The van der Waals surface area contributed by atoms with Crippen LogP contribution in [0.3, 0.4) is 0 Å². The molecule has 0 amide bonds. The predicted molar refractivity (Wildman–Crippen MR) is 57.0 cm³/mol. The Bertz CT molecular complexity index is 451. The highest BCUT2D eigenvalue weighted by Gasteiger charge is 2.45. The molecule has 0 aromatic rings. The van der Waals surface area contributed by atoms with E-state index in [1.807, 2.05) is 0 Å². The van der Waals surface area contributed by atoms with E-state index in [4.69, 9.17) is 11.6 Å². The van der Waals surface area contributed by atoms with Gasteiger partial charge in [-0.2, -0.15) is 21.6 Å². The molecule has 0 saturated heterocycles. The molecule has 0 aromatic heterocycles. The van der Waals surface area contributed by atoms with Gasteiger partial charge in [0.2, 0.25) is 0 Å². The summed E-state index contributed by atoms with van der Waals surface area (Å²) < 4.78 is 65.4. The van der Waals surface area contributed by atoms with E-state index in [1.165, 1.54) is 13.0 Å². The lowest BCUT2D eigenvalue weighted by Gasteiger charge is -2.23. The molecule has 0 bridgehead atoms. The van der Waals surface area contributed by atoms with Gasteiger partial charge in [-0.15, -0.1) is 0 Å². The van der Waals surface area contributed by atoms with Crippen LogP contribution >= 0.6 is 11.6 Å². The molecule has 98 valence electrons. The molecule has 1 aliphatic rings. The summed E-state index contributed by atoms with van der Waals surface area (Å²) in [4.78, 5) is 0. The van der Waals surface area contributed by atoms with E-state index in [-0.39, 0.29) is 18.1 Å². The zero-order chi connectivity index (χ0) is 13.3. The van der Waals surface area contributed by atoms with E-state index in [0.717, 1.165) is 0 Å². The van der Waals surface area contributed by atoms with Crippen molar-refractivity contribution < 1.29 is 25.8 Å². The van der Waals surface area contributed by atoms with E-state index >= 15 is 0 Å². The SMILES string of the molecule is CCOS(=O)(=O)C1CC=C(Cl)C=C1C(F)(F)F. The second-order valence-electron chi connectivity index (χ2n) is 3.31. The fourth-order valence-corrected chi connectivity index (χ4v) is 2.98. The van der Waals surface area contributed by atoms with Gasteiger partial charge < -0.3 is 0 Å². The molecule has 1 atom stereocenters. The summed E-state index contributed by atoms with van der Waals surface area (Å²) >= 11 is 5.46. The van der Waals surface area contributed by atoms with Gasteiger partial charge in [0.15, 0.2) is 0 Å². The minimum atomic E-state index is -4.75. The van der Waals surface area contributed by atoms with Crippen LogP contribution in [0.2, 0.25) is 0 Å². The van der Waals surface area contributed by atoms with Crippen molar-refractivity contribution in [2.75, 3.05) is 6.61 Å². The van der Waals surface area contributed by atoms with E-state index in [9.17, 15) is 21.6 Å². The van der Waals surface area contributed by atoms with Gasteiger partial charge in [-0.3, -0.25) is 4.18 Å². The predicted octanol–water partition coefficient (Wildman–Crippen LogP) is 2.74. The molecule has 0 heterocycles. The minimum absolute atomic E-state index is 0.125. The maximum Gasteiger partial charge on any atom is 0.414 e. The van der Waals surface area contributed by atoms with Crippen molar-refractivity contribution in [3.8, 4) is 0 Å². The van der Waals surface area contributed by atoms with Gasteiger partial charge in [0, 0.05) is 5.03 Å². The average molecular weight is 291 g/mol. The topological polar surface area (TPSA) is 43.4 Å². The van der Waals surface area contributed by atoms with E-state index in [2.05, 4.69) is 4.18 Å². The smallest absolute Gasteiger partial charge is 0.270 e. The molecule has 1 aliphatic carbocycles. The summed E-state index contributed by atoms with van der Waals surface area (Å²) in [7, 11) is -4.28. The summed E-state index contributed by atoms with van der Waals surface area (Å²) in [5, 5.41) is -1.87. The van der Waals surface area contributed by atoms with E-state index < -0.39 is 27.1 Å². The first-order chi connectivity index (χ1) is 7.68. The second kappa shape index (κ2) is 4.99. The third kappa shape index (κ3) is 3.46. The van der Waals surface area contributed by atoms with Crippen molar-refractivity contribution in [1.29, 1.82) is 0 Å². The lowest BCUT2D eigenvalue weighted by molar-refractivity contribution is -0.0939. The highest BCUT2D eigenvalue weighted by molar-refractivity contribution is 7.87. The Morgan fingerprint density at radius 1 is 1.53 bits per heavy atom. The quantitative estimate of drug-likeness (QED) is 0.751. The number of alkyl halides is 3. The van der Waals surface area contributed by atoms with Gasteiger partial charge in [0.25, 0.3) is 10.1 Å². The first-order valence-electron chi connectivity index (χ1n) is 4.71. The van der Waals surface area contributed by atoms with Crippen LogP contribution in [0, 0.1) is 0 Å². The van der Waals surface area contributed by atoms with Crippen molar-refractivity contribution in [3.63, 3.8) is 0 Å². The molecule has 0 radical (unpaired) electrons. The standard InChI is InChI=1S/C9H10ClF3O3S/c1-2-16-17(14,15)8-4-3-6(10)5-7(8)9(11,12)13/h3,5,8H,2,4H2,1H3. The molecule has 0 aromatic carbocycles. The summed E-state index contributed by atoms with van der Waals surface area (Å²) in [5.74, 6) is 0. The summed E-state index contributed by atoms with van der Waals surface area (Å²) in [6.45, 7) is 1.18. The maximum absolute atomic E-state index is 12.7. The Morgan fingerprint density at radius 2 is 2.12 bits per heavy atom. The normalized spacial score (nSPS) is 22.1. The molecular weight excluding hydrogens is 281 g/mol. The van der Waals surface area contributed by atoms with Crippen LogP contribution in [0.25, 0.3) is 0 Å². The molecule has 0 aliphatic heterocycles. The Labute approximate surface area is 102 Å². The van der Waals surface area contributed by atoms with Gasteiger partial charge in [-0.25, -0.2) is 0 Å². The van der Waals surface area contributed by atoms with Gasteiger partial charge in [0.1, 0.15) is 5.25 Å². The molecule has 0 saturated carbocycles. The second-order valence-corrected chi connectivity index (χ2v) is 5.54. The molecule has 1 unspecified atom stereocenters. The third-order valence-electron chi connectivity index (χ3n) is 2.13. The van der Waals surface area contributed by atoms with Crippen LogP contribution in [0.15, 0.2) is 22.8 Å². The molecule has 1 rings (SSSR count). The van der Waals surface area contributed by atoms with Crippen molar-refractivity contribution in [2.45, 2.75) is 24.8 Å². The fraction of sp³-hybridized carbons (Fsp3) is 0.556. The number of halogens is 4. The monoisotopic (exact) mass is 290 g/mol. The lowest BCUT2D eigenvalue weighted by atomic mass is 10.0. The molecule has 17 heavy (non-hydrogen) atoms. The molecule has 0 fully saturated rings. The van der Waals surface area contributed by atoms with Crippen molar-refractivity contribution in [1.82, 2.24) is 0 Å². The van der Waals surface area contributed by atoms with Crippen LogP contribution in [0.1, 0.15) is 13.3 Å². The first-order valence-corrected chi connectivity index (χ1v) is 6.56. The van der Waals surface area contributed by atoms with Crippen LogP contribution in [-0.4, -0.2) is 26.5 Å². The molecule has 8 heteroatoms. The molecule has 0 spiro atoms. The number of allylic oxidation sites excluding steroid dienone is 3. The third-order valence-corrected chi connectivity index (χ3v) is 4.10. The summed E-state index contributed by atoms with van der Waals surface area (Å²) in [6.07, 6.45) is -3.25. The summed E-state index contributed by atoms with van der Waals surface area (Å²) in [6, 6.07) is 0. The Balaban J connectivity index is 3.15. The highest BCUT2D eigenvalue weighted by Crippen LogP contribution is 2.37. The van der Waals surface area contributed by atoms with Gasteiger partial charge in [-0.1, -0.05) is 17.7 Å². The van der Waals surface area contributed by atoms with Crippen LogP contribution < -0.4 is 0 Å². The lowest BCUT2D eigenvalue weighted by Crippen LogP contribution is -2.33. The summed E-state index contributed by atoms with van der Waals surface area (Å²) in [5.41, 5.74) is -1.20. The van der Waals surface area contributed by atoms with Crippen LogP contribution in [0.4, 0.5) is 13.2 Å². The van der Waals surface area contributed by atoms with Gasteiger partial charge >= 0.3 is 6.18 Å². The Hall–Kier alpha value is -0.530. The average Bonchev–Trinajstić information content (AvgIpc) is 2.15. The Morgan fingerprint density at radius 3 is 2.59 bits per heavy atom. The highest BCUT2D eigenvalue weighted by atomic mass is 35.5. The zero-order valence-corrected chi connectivity index (χ0v) is 10.4. The molecule has 3 nitrogen and oxygen atoms in total. The molecule has 0 N–H and O–H groups in total. The fourth-order valence-electron chi connectivity index (χ4n) is 1.43. The first kappa shape index (κ1) is 14.5. The number of hydrogen-bond donors (Lipinski definition) is 0. The van der Waals surface area contributed by atoms with E-state index in [1.54, 1.807) is 0 Å². The number of hydrogen-bond acceptors (Lipinski definition) is 3. The largest absolute Gasteiger partial charge is 0.414 e. The van der Waals surface area contributed by atoms with Crippen molar-refractivity contribution in [2.24, 2.45) is 0 Å². The molecular formula is C9H10ClF3O3S. The van der Waals surface area contributed by atoms with Crippen LogP contribution in [-0.2, 0) is 14.3 Å². The van der Waals surface area contributed by atoms with E-state index in [0.29, 0.717) is 6.08 Å². The van der Waals surface area contributed by atoms with Crippen LogP contribution in [0.5, 0.6) is 0 Å². The van der Waals surface area contributed by atoms with Gasteiger partial charge in [-0.05, 0) is 19.4 Å². The number of rotatable bonds is 3. The minimum Gasteiger partial charge on any atom is -0.270 e. The van der Waals surface area contributed by atoms with Gasteiger partial charge in [0.05, 0.1) is 12.2 Å². The van der Waals surface area contributed by atoms with Crippen molar-refractivity contribution in [3.05, 3.63) is 22.8 Å².